The van der Waals surface area contributed by atoms with E-state index in [-0.39, 0.29) is 6.04 Å². The summed E-state index contributed by atoms with van der Waals surface area (Å²) in [5.41, 5.74) is 3.36. The minimum Gasteiger partial charge on any atom is -0.508 e. The first-order valence-corrected chi connectivity index (χ1v) is 9.77. The Morgan fingerprint density at radius 1 is 1.14 bits per heavy atom. The van der Waals surface area contributed by atoms with E-state index in [9.17, 15) is 5.11 Å². The lowest BCUT2D eigenvalue weighted by molar-refractivity contribution is 0.360. The van der Waals surface area contributed by atoms with Crippen molar-refractivity contribution in [3.63, 3.8) is 0 Å². The Morgan fingerprint density at radius 2 is 2.04 bits per heavy atom. The monoisotopic (exact) mass is 369 g/mol. The number of anilines is 1. The highest BCUT2D eigenvalue weighted by molar-refractivity contribution is 5.89. The number of hydrogen-bond donors (Lipinski definition) is 2. The van der Waals surface area contributed by atoms with E-state index in [4.69, 9.17) is 4.74 Å². The molecule has 2 aliphatic rings. The van der Waals surface area contributed by atoms with E-state index >= 15 is 0 Å². The zero-order chi connectivity index (χ0) is 19.1. The number of nitrogens with one attached hydrogen (secondary N) is 1. The molecule has 0 fully saturated rings. The van der Waals surface area contributed by atoms with Crippen molar-refractivity contribution in [3.05, 3.63) is 90.5 Å². The molecular formula is C25H23NO2. The first kappa shape index (κ1) is 16.9. The fourth-order valence-electron chi connectivity index (χ4n) is 4.71. The molecule has 140 valence electrons. The van der Waals surface area contributed by atoms with Crippen molar-refractivity contribution in [1.82, 2.24) is 0 Å². The zero-order valence-corrected chi connectivity index (χ0v) is 15.6. The van der Waals surface area contributed by atoms with Gasteiger partial charge in [0.1, 0.15) is 18.1 Å². The molecule has 3 aromatic rings. The van der Waals surface area contributed by atoms with Crippen LogP contribution in [0.2, 0.25) is 0 Å². The Labute approximate surface area is 165 Å². The van der Waals surface area contributed by atoms with Crippen molar-refractivity contribution in [2.45, 2.75) is 18.4 Å². The molecule has 0 radical (unpaired) electrons. The van der Waals surface area contributed by atoms with Crippen LogP contribution in [0.15, 0.2) is 79.4 Å². The maximum Gasteiger partial charge on any atom is 0.121 e. The number of ether oxygens (including phenoxy) is 1. The van der Waals surface area contributed by atoms with Gasteiger partial charge in [-0.3, -0.25) is 0 Å². The fraction of sp³-hybridized carbons (Fsp3) is 0.200. The molecule has 3 heteroatoms. The Bertz CT molecular complexity index is 1090. The lowest BCUT2D eigenvalue weighted by atomic mass is 9.76. The summed E-state index contributed by atoms with van der Waals surface area (Å²) in [7, 11) is 0. The average molecular weight is 369 g/mol. The third-order valence-electron chi connectivity index (χ3n) is 5.96. The number of fused-ring (bicyclic) bond motifs is 4. The minimum atomic E-state index is 0.0542. The van der Waals surface area contributed by atoms with E-state index in [1.54, 1.807) is 6.08 Å². The molecule has 1 heterocycles. The molecule has 3 aromatic carbocycles. The van der Waals surface area contributed by atoms with Gasteiger partial charge < -0.3 is 15.2 Å². The molecule has 0 saturated carbocycles. The van der Waals surface area contributed by atoms with Gasteiger partial charge in [0.2, 0.25) is 0 Å². The largest absolute Gasteiger partial charge is 0.508 e. The van der Waals surface area contributed by atoms with Crippen molar-refractivity contribution in [2.24, 2.45) is 5.92 Å². The summed E-state index contributed by atoms with van der Waals surface area (Å²) in [5, 5.41) is 16.8. The minimum absolute atomic E-state index is 0.0542. The first-order valence-electron chi connectivity index (χ1n) is 9.77. The number of rotatable bonds is 4. The lowest BCUT2D eigenvalue weighted by Gasteiger charge is -2.38. The van der Waals surface area contributed by atoms with Gasteiger partial charge in [-0.1, -0.05) is 55.1 Å². The standard InChI is InChI=1S/C25H23NO2/c1-2-14-28-17-11-12-22-21(15-17)19-8-5-9-20(19)25(26-22)24-18-7-4-3-6-16(18)10-13-23(24)27/h2-8,10-13,15,19-20,25-27H,1,9,14H2. The molecule has 3 nitrogen and oxygen atoms in total. The van der Waals surface area contributed by atoms with Crippen LogP contribution in [-0.4, -0.2) is 11.7 Å². The van der Waals surface area contributed by atoms with E-state index in [1.165, 1.54) is 5.56 Å². The normalized spacial score (nSPS) is 22.4. The second-order valence-corrected chi connectivity index (χ2v) is 7.54. The summed E-state index contributed by atoms with van der Waals surface area (Å²) in [6, 6.07) is 18.4. The molecule has 0 bridgehead atoms. The summed E-state index contributed by atoms with van der Waals surface area (Å²) in [6.07, 6.45) is 7.31. The van der Waals surface area contributed by atoms with E-state index in [0.29, 0.717) is 24.2 Å². The molecule has 0 aromatic heterocycles. The van der Waals surface area contributed by atoms with Gasteiger partial charge in [-0.2, -0.15) is 0 Å². The SMILES string of the molecule is C=CCOc1ccc2c(c1)C1C=CCC1C(c1c(O)ccc3ccccc13)N2. The average Bonchev–Trinajstić information content (AvgIpc) is 3.22. The van der Waals surface area contributed by atoms with Crippen LogP contribution in [0.4, 0.5) is 5.69 Å². The van der Waals surface area contributed by atoms with Crippen molar-refractivity contribution in [2.75, 3.05) is 11.9 Å². The van der Waals surface area contributed by atoms with Crippen LogP contribution in [-0.2, 0) is 0 Å². The second-order valence-electron chi connectivity index (χ2n) is 7.54. The van der Waals surface area contributed by atoms with Crippen LogP contribution in [0.1, 0.15) is 29.5 Å². The molecule has 3 unspecified atom stereocenters. The van der Waals surface area contributed by atoms with Crippen molar-refractivity contribution >= 4 is 16.5 Å². The van der Waals surface area contributed by atoms with Gasteiger partial charge in [0.25, 0.3) is 0 Å². The molecule has 0 amide bonds. The number of hydrogen-bond acceptors (Lipinski definition) is 3. The Hall–Kier alpha value is -3.20. The summed E-state index contributed by atoms with van der Waals surface area (Å²) >= 11 is 0. The third kappa shape index (κ3) is 2.66. The quantitative estimate of drug-likeness (QED) is 0.560. The zero-order valence-electron chi connectivity index (χ0n) is 15.6. The summed E-state index contributed by atoms with van der Waals surface area (Å²) in [5.74, 6) is 1.90. The van der Waals surface area contributed by atoms with Gasteiger partial charge in [-0.25, -0.2) is 0 Å². The molecular weight excluding hydrogens is 346 g/mol. The molecule has 28 heavy (non-hydrogen) atoms. The number of benzene rings is 3. The number of phenols is 1. The Kier molecular flexibility index (Phi) is 4.09. The predicted octanol–water partition coefficient (Wildman–Crippen LogP) is 5.94. The maximum atomic E-state index is 10.8. The molecule has 1 aliphatic heterocycles. The van der Waals surface area contributed by atoms with Gasteiger partial charge in [-0.15, -0.1) is 0 Å². The molecule has 0 saturated heterocycles. The highest BCUT2D eigenvalue weighted by Gasteiger charge is 2.39. The van der Waals surface area contributed by atoms with E-state index in [1.807, 2.05) is 30.3 Å². The summed E-state index contributed by atoms with van der Waals surface area (Å²) in [6.45, 7) is 4.22. The molecule has 2 N–H and O–H groups in total. The van der Waals surface area contributed by atoms with Gasteiger partial charge in [0.15, 0.2) is 0 Å². The van der Waals surface area contributed by atoms with E-state index in [0.717, 1.165) is 34.2 Å². The fourth-order valence-corrected chi connectivity index (χ4v) is 4.71. The molecule has 1 aliphatic carbocycles. The van der Waals surface area contributed by atoms with Crippen molar-refractivity contribution < 1.29 is 9.84 Å². The van der Waals surface area contributed by atoms with Crippen LogP contribution < -0.4 is 10.1 Å². The smallest absolute Gasteiger partial charge is 0.121 e. The first-order chi connectivity index (χ1) is 13.8. The van der Waals surface area contributed by atoms with E-state index in [2.05, 4.69) is 48.3 Å². The maximum absolute atomic E-state index is 10.8. The van der Waals surface area contributed by atoms with Crippen LogP contribution in [0.3, 0.4) is 0 Å². The van der Waals surface area contributed by atoms with Crippen LogP contribution in [0.5, 0.6) is 11.5 Å². The lowest BCUT2D eigenvalue weighted by Crippen LogP contribution is -2.29. The van der Waals surface area contributed by atoms with Gasteiger partial charge in [0, 0.05) is 17.2 Å². The summed E-state index contributed by atoms with van der Waals surface area (Å²) in [4.78, 5) is 0. The molecule has 0 spiro atoms. The van der Waals surface area contributed by atoms with Crippen molar-refractivity contribution in [1.29, 1.82) is 0 Å². The van der Waals surface area contributed by atoms with Crippen LogP contribution in [0, 0.1) is 5.92 Å². The van der Waals surface area contributed by atoms with E-state index < -0.39 is 0 Å². The second kappa shape index (κ2) is 6.75. The van der Waals surface area contributed by atoms with Gasteiger partial charge >= 0.3 is 0 Å². The molecule has 5 rings (SSSR count). The number of phenolic OH excluding ortho intramolecular Hbond substituents is 1. The number of aromatic hydroxyl groups is 1. The van der Waals surface area contributed by atoms with Crippen molar-refractivity contribution in [3.8, 4) is 11.5 Å². The van der Waals surface area contributed by atoms with Gasteiger partial charge in [0.05, 0.1) is 6.04 Å². The third-order valence-corrected chi connectivity index (χ3v) is 5.96. The van der Waals surface area contributed by atoms with Crippen LogP contribution in [0.25, 0.3) is 10.8 Å². The topological polar surface area (TPSA) is 41.5 Å². The Balaban J connectivity index is 1.61. The van der Waals surface area contributed by atoms with Crippen LogP contribution >= 0.6 is 0 Å². The molecule has 3 atom stereocenters. The Morgan fingerprint density at radius 3 is 2.93 bits per heavy atom. The summed E-state index contributed by atoms with van der Waals surface area (Å²) < 4.78 is 5.75. The highest BCUT2D eigenvalue weighted by Crippen LogP contribution is 2.52. The highest BCUT2D eigenvalue weighted by atomic mass is 16.5. The van der Waals surface area contributed by atoms with Gasteiger partial charge in [-0.05, 0) is 52.9 Å². The predicted molar refractivity (Wildman–Crippen MR) is 114 cm³/mol. The number of allylic oxidation sites excluding steroid dienone is 2.